The summed E-state index contributed by atoms with van der Waals surface area (Å²) in [6.07, 6.45) is 5.30. The predicted octanol–water partition coefficient (Wildman–Crippen LogP) is 3.33. The van der Waals surface area contributed by atoms with E-state index in [-0.39, 0.29) is 5.91 Å². The van der Waals surface area contributed by atoms with Gasteiger partial charge in [0, 0.05) is 24.4 Å². The maximum atomic E-state index is 12.7. The zero-order chi connectivity index (χ0) is 20.2. The molecule has 0 spiro atoms. The van der Waals surface area contributed by atoms with Gasteiger partial charge in [0.25, 0.3) is 5.91 Å². The van der Waals surface area contributed by atoms with Gasteiger partial charge < -0.3 is 14.5 Å². The van der Waals surface area contributed by atoms with Crippen LogP contribution in [0.15, 0.2) is 65.0 Å². The molecule has 0 radical (unpaired) electrons. The second-order valence-corrected chi connectivity index (χ2v) is 6.88. The highest BCUT2D eigenvalue weighted by Gasteiger charge is 2.31. The molecule has 0 unspecified atom stereocenters. The number of hydrogen-bond acceptors (Lipinski definition) is 5. The molecule has 148 valence electrons. The Morgan fingerprint density at radius 2 is 2.07 bits per heavy atom. The highest BCUT2D eigenvalue weighted by Crippen LogP contribution is 2.19. The molecule has 1 saturated heterocycles. The molecular weight excluding hydrogens is 388 g/mol. The molecule has 0 atom stereocenters. The van der Waals surface area contributed by atoms with E-state index in [2.05, 4.69) is 10.4 Å². The highest BCUT2D eigenvalue weighted by atomic mass is 32.1. The monoisotopic (exact) mass is 408 g/mol. The van der Waals surface area contributed by atoms with Crippen molar-refractivity contribution in [1.82, 2.24) is 20.0 Å². The number of thiocarbonyl (C=S) groups is 1. The van der Waals surface area contributed by atoms with E-state index < -0.39 is 0 Å². The van der Waals surface area contributed by atoms with Crippen LogP contribution in [0.1, 0.15) is 24.0 Å². The Hall–Kier alpha value is -3.39. The quantitative estimate of drug-likeness (QED) is 0.478. The highest BCUT2D eigenvalue weighted by molar-refractivity contribution is 7.80. The molecule has 3 heterocycles. The summed E-state index contributed by atoms with van der Waals surface area (Å²) in [5.74, 6) is 1.79. The van der Waals surface area contributed by atoms with Crippen LogP contribution in [-0.4, -0.2) is 25.7 Å². The smallest absolute Gasteiger partial charge is 0.276 e. The average Bonchev–Trinajstić information content (AvgIpc) is 3.44. The number of hydrogen-bond donors (Lipinski definition) is 1. The molecule has 1 amide bonds. The van der Waals surface area contributed by atoms with Crippen LogP contribution >= 0.6 is 12.2 Å². The largest absolute Gasteiger partial charge is 0.486 e. The zero-order valence-electron chi connectivity index (χ0n) is 15.9. The van der Waals surface area contributed by atoms with Crippen molar-refractivity contribution in [1.29, 1.82) is 0 Å². The Kier molecular flexibility index (Phi) is 5.44. The molecular formula is C21H20N4O3S. The standard InChI is InChI=1S/C21H20N4O3S/c1-2-24-12-15(11-22-24)13-25-20(26)19(23-21(25)29)10-17-8-9-18(28-17)14-27-16-6-4-3-5-7-16/h3-12H,2,13-14H2,1H3,(H,23,29)/b19-10+. The van der Waals surface area contributed by atoms with Crippen LogP contribution in [0.5, 0.6) is 5.75 Å². The van der Waals surface area contributed by atoms with Crippen molar-refractivity contribution in [2.75, 3.05) is 0 Å². The van der Waals surface area contributed by atoms with Gasteiger partial charge in [0.15, 0.2) is 5.11 Å². The minimum absolute atomic E-state index is 0.197. The SMILES string of the molecule is CCn1cc(CN2C(=O)/C(=C\c3ccc(COc4ccccc4)o3)NC2=S)cn1. The Balaban J connectivity index is 1.41. The van der Waals surface area contributed by atoms with Gasteiger partial charge in [0.2, 0.25) is 0 Å². The van der Waals surface area contributed by atoms with Gasteiger partial charge in [-0.2, -0.15) is 5.10 Å². The molecule has 0 bridgehead atoms. The summed E-state index contributed by atoms with van der Waals surface area (Å²) in [7, 11) is 0. The average molecular weight is 408 g/mol. The molecule has 2 aromatic heterocycles. The van der Waals surface area contributed by atoms with E-state index in [9.17, 15) is 4.79 Å². The third-order valence-corrected chi connectivity index (χ3v) is 4.73. The van der Waals surface area contributed by atoms with Gasteiger partial charge in [0.1, 0.15) is 29.6 Å². The molecule has 1 aliphatic heterocycles. The van der Waals surface area contributed by atoms with Gasteiger partial charge in [-0.3, -0.25) is 14.4 Å². The lowest BCUT2D eigenvalue weighted by Crippen LogP contribution is -2.29. The van der Waals surface area contributed by atoms with Crippen molar-refractivity contribution in [3.63, 3.8) is 0 Å². The van der Waals surface area contributed by atoms with Crippen LogP contribution in [0, 0.1) is 0 Å². The third kappa shape index (κ3) is 4.38. The number of ether oxygens (including phenoxy) is 1. The number of nitrogens with zero attached hydrogens (tertiary/aromatic N) is 3. The number of benzene rings is 1. The molecule has 0 saturated carbocycles. The lowest BCUT2D eigenvalue weighted by Gasteiger charge is -2.12. The second kappa shape index (κ2) is 8.32. The summed E-state index contributed by atoms with van der Waals surface area (Å²) in [5.41, 5.74) is 1.30. The first kappa shape index (κ1) is 18.9. The summed E-state index contributed by atoms with van der Waals surface area (Å²) in [6.45, 7) is 3.46. The van der Waals surface area contributed by atoms with E-state index in [4.69, 9.17) is 21.4 Å². The van der Waals surface area contributed by atoms with Gasteiger partial charge >= 0.3 is 0 Å². The summed E-state index contributed by atoms with van der Waals surface area (Å²) in [4.78, 5) is 14.2. The molecule has 8 heteroatoms. The van der Waals surface area contributed by atoms with E-state index in [1.165, 1.54) is 4.90 Å². The van der Waals surface area contributed by atoms with Crippen molar-refractivity contribution in [3.05, 3.63) is 77.6 Å². The van der Waals surface area contributed by atoms with Crippen molar-refractivity contribution in [2.45, 2.75) is 26.6 Å². The van der Waals surface area contributed by atoms with Gasteiger partial charge in [-0.05, 0) is 43.4 Å². The van der Waals surface area contributed by atoms with Crippen LogP contribution in [0.4, 0.5) is 0 Å². The van der Waals surface area contributed by atoms with Crippen molar-refractivity contribution in [2.24, 2.45) is 0 Å². The molecule has 7 nitrogen and oxygen atoms in total. The summed E-state index contributed by atoms with van der Waals surface area (Å²) in [6, 6.07) is 13.1. The minimum atomic E-state index is -0.197. The second-order valence-electron chi connectivity index (χ2n) is 6.49. The predicted molar refractivity (Wildman–Crippen MR) is 112 cm³/mol. The summed E-state index contributed by atoms with van der Waals surface area (Å²) >= 11 is 5.32. The van der Waals surface area contributed by atoms with Crippen LogP contribution in [0.25, 0.3) is 6.08 Å². The molecule has 0 aliphatic carbocycles. The van der Waals surface area contributed by atoms with Crippen LogP contribution in [0.3, 0.4) is 0 Å². The number of para-hydroxylation sites is 1. The molecule has 1 fully saturated rings. The maximum absolute atomic E-state index is 12.7. The van der Waals surface area contributed by atoms with Gasteiger partial charge in [-0.1, -0.05) is 18.2 Å². The van der Waals surface area contributed by atoms with Crippen LogP contribution in [0.2, 0.25) is 0 Å². The van der Waals surface area contributed by atoms with Crippen LogP contribution in [-0.2, 0) is 24.5 Å². The van der Waals surface area contributed by atoms with E-state index in [0.29, 0.717) is 35.5 Å². The number of amides is 1. The minimum Gasteiger partial charge on any atom is -0.486 e. The van der Waals surface area contributed by atoms with E-state index in [1.54, 1.807) is 18.3 Å². The molecule has 3 aromatic rings. The van der Waals surface area contributed by atoms with Gasteiger partial charge in [0.05, 0.1) is 12.7 Å². The number of rotatable bonds is 7. The number of nitrogens with one attached hydrogen (secondary N) is 1. The number of carbonyl (C=O) groups excluding carboxylic acids is 1. The van der Waals surface area contributed by atoms with E-state index >= 15 is 0 Å². The van der Waals surface area contributed by atoms with Crippen molar-refractivity contribution in [3.8, 4) is 5.75 Å². The molecule has 4 rings (SSSR count). The Labute approximate surface area is 173 Å². The number of aromatic nitrogens is 2. The molecule has 1 aliphatic rings. The first-order valence-electron chi connectivity index (χ1n) is 9.25. The van der Waals surface area contributed by atoms with Gasteiger partial charge in [-0.15, -0.1) is 0 Å². The summed E-state index contributed by atoms with van der Waals surface area (Å²) in [5, 5.41) is 7.56. The number of aryl methyl sites for hydroxylation is 1. The van der Waals surface area contributed by atoms with E-state index in [1.807, 2.05) is 54.2 Å². The first-order chi connectivity index (χ1) is 14.1. The van der Waals surface area contributed by atoms with Crippen LogP contribution < -0.4 is 10.1 Å². The Bertz CT molecular complexity index is 1050. The lowest BCUT2D eigenvalue weighted by atomic mass is 10.3. The number of furan rings is 1. The Morgan fingerprint density at radius 3 is 2.83 bits per heavy atom. The van der Waals surface area contributed by atoms with Crippen molar-refractivity contribution < 1.29 is 13.9 Å². The lowest BCUT2D eigenvalue weighted by molar-refractivity contribution is -0.122. The Morgan fingerprint density at radius 1 is 1.24 bits per heavy atom. The zero-order valence-corrected chi connectivity index (χ0v) is 16.7. The normalized spacial score (nSPS) is 15.2. The van der Waals surface area contributed by atoms with Crippen molar-refractivity contribution >= 4 is 29.3 Å². The fourth-order valence-electron chi connectivity index (χ4n) is 2.92. The molecule has 29 heavy (non-hydrogen) atoms. The topological polar surface area (TPSA) is 72.5 Å². The molecule has 1 N–H and O–H groups in total. The fraction of sp³-hybridized carbons (Fsp3) is 0.190. The van der Waals surface area contributed by atoms with E-state index in [0.717, 1.165) is 17.9 Å². The number of carbonyl (C=O) groups is 1. The summed E-state index contributed by atoms with van der Waals surface area (Å²) < 4.78 is 13.2. The molecule has 1 aromatic carbocycles. The fourth-order valence-corrected chi connectivity index (χ4v) is 3.18. The maximum Gasteiger partial charge on any atom is 0.276 e. The van der Waals surface area contributed by atoms with Gasteiger partial charge in [-0.25, -0.2) is 0 Å². The first-order valence-corrected chi connectivity index (χ1v) is 9.65. The third-order valence-electron chi connectivity index (χ3n) is 4.41.